The van der Waals surface area contributed by atoms with Crippen LogP contribution < -0.4 is 20.7 Å². The highest BCUT2D eigenvalue weighted by Gasteiger charge is 2.25. The minimum atomic E-state index is -0.832. The highest BCUT2D eigenvalue weighted by atomic mass is 16.5. The number of fused-ring (bicyclic) bond motifs is 1. The van der Waals surface area contributed by atoms with Crippen molar-refractivity contribution in [1.29, 1.82) is 0 Å². The Morgan fingerprint density at radius 2 is 2.00 bits per heavy atom. The zero-order valence-corrected chi connectivity index (χ0v) is 13.9. The van der Waals surface area contributed by atoms with Crippen molar-refractivity contribution in [2.45, 2.75) is 12.6 Å². The van der Waals surface area contributed by atoms with Crippen molar-refractivity contribution >= 4 is 17.3 Å². The van der Waals surface area contributed by atoms with Crippen LogP contribution in [0.2, 0.25) is 0 Å². The first-order valence-electron chi connectivity index (χ1n) is 8.02. The van der Waals surface area contributed by atoms with Crippen LogP contribution in [-0.4, -0.2) is 36.3 Å². The summed E-state index contributed by atoms with van der Waals surface area (Å²) in [5, 5.41) is 29.1. The van der Waals surface area contributed by atoms with Gasteiger partial charge in [0.2, 0.25) is 0 Å². The second-order valence-corrected chi connectivity index (χ2v) is 5.81. The topological polar surface area (TPSA) is 103 Å². The maximum Gasteiger partial charge on any atom is 0.262 e. The third-order valence-corrected chi connectivity index (χ3v) is 4.05. The predicted molar refractivity (Wildman–Crippen MR) is 94.9 cm³/mol. The Morgan fingerprint density at radius 3 is 2.72 bits per heavy atom. The number of rotatable bonds is 6. The third-order valence-electron chi connectivity index (χ3n) is 4.05. The molecule has 5 N–H and O–H groups in total. The smallest absolute Gasteiger partial charge is 0.262 e. The molecule has 132 valence electrons. The Labute approximate surface area is 145 Å². The number of phenols is 1. The van der Waals surface area contributed by atoms with Gasteiger partial charge in [0, 0.05) is 31.4 Å². The summed E-state index contributed by atoms with van der Waals surface area (Å²) in [6.45, 7) is 0.780. The van der Waals surface area contributed by atoms with Gasteiger partial charge < -0.3 is 30.9 Å². The number of hydrogen-bond donors (Lipinski definition) is 5. The summed E-state index contributed by atoms with van der Waals surface area (Å²) < 4.78 is 5.39. The first-order chi connectivity index (χ1) is 12.1. The van der Waals surface area contributed by atoms with Gasteiger partial charge in [-0.3, -0.25) is 4.79 Å². The van der Waals surface area contributed by atoms with Gasteiger partial charge in [0.25, 0.3) is 5.91 Å². The number of aromatic hydroxyl groups is 1. The molecule has 3 rings (SSSR count). The molecule has 0 saturated heterocycles. The van der Waals surface area contributed by atoms with Gasteiger partial charge in [-0.2, -0.15) is 0 Å². The first kappa shape index (κ1) is 17.1. The number of carbonyl (C=O) groups is 1. The van der Waals surface area contributed by atoms with E-state index in [4.69, 9.17) is 4.74 Å². The summed E-state index contributed by atoms with van der Waals surface area (Å²) in [4.78, 5) is 11.4. The number of carbonyl (C=O) groups excluding carboxylic acids is 1. The molecule has 0 aromatic heterocycles. The lowest BCUT2D eigenvalue weighted by molar-refractivity contribution is -0.118. The van der Waals surface area contributed by atoms with Crippen LogP contribution in [0.5, 0.6) is 11.5 Å². The largest absolute Gasteiger partial charge is 0.506 e. The van der Waals surface area contributed by atoms with E-state index in [1.165, 1.54) is 6.07 Å². The van der Waals surface area contributed by atoms with Crippen molar-refractivity contribution < 1.29 is 19.7 Å². The summed E-state index contributed by atoms with van der Waals surface area (Å²) in [7, 11) is 1.87. The molecule has 7 nitrogen and oxygen atoms in total. The molecule has 2 aromatic carbocycles. The fourth-order valence-electron chi connectivity index (χ4n) is 2.69. The number of nitrogens with one attached hydrogen (secondary N) is 3. The molecule has 1 aliphatic rings. The molecule has 2 aromatic rings. The van der Waals surface area contributed by atoms with Crippen LogP contribution >= 0.6 is 0 Å². The zero-order chi connectivity index (χ0) is 17.8. The molecule has 25 heavy (non-hydrogen) atoms. The maximum absolute atomic E-state index is 11.4. The van der Waals surface area contributed by atoms with Gasteiger partial charge in [0.15, 0.2) is 12.4 Å². The molecule has 7 heteroatoms. The van der Waals surface area contributed by atoms with Gasteiger partial charge in [-0.1, -0.05) is 12.1 Å². The fraction of sp³-hybridized carbons (Fsp3) is 0.278. The molecule has 1 aliphatic heterocycles. The number of aliphatic hydroxyl groups excluding tert-OH is 1. The molecular weight excluding hydrogens is 322 g/mol. The molecular formula is C18H21N3O4. The minimum absolute atomic E-state index is 0.0865. The highest BCUT2D eigenvalue weighted by Crippen LogP contribution is 2.41. The molecule has 1 amide bonds. The van der Waals surface area contributed by atoms with Gasteiger partial charge in [0.05, 0.1) is 6.10 Å². The lowest BCUT2D eigenvalue weighted by Crippen LogP contribution is -2.27. The van der Waals surface area contributed by atoms with Crippen molar-refractivity contribution in [3.8, 4) is 11.5 Å². The van der Waals surface area contributed by atoms with Gasteiger partial charge >= 0.3 is 0 Å². The molecule has 0 aliphatic carbocycles. The van der Waals surface area contributed by atoms with Crippen LogP contribution in [0.3, 0.4) is 0 Å². The SMILES string of the molecule is CNc1ccc(CNCC(O)c2ccc(O)c3c2OCC(=O)N3)cc1. The van der Waals surface area contributed by atoms with Gasteiger partial charge in [-0.15, -0.1) is 0 Å². The van der Waals surface area contributed by atoms with Crippen molar-refractivity contribution in [3.63, 3.8) is 0 Å². The van der Waals surface area contributed by atoms with Crippen LogP contribution in [0.15, 0.2) is 36.4 Å². The van der Waals surface area contributed by atoms with Crippen LogP contribution in [-0.2, 0) is 11.3 Å². The quantitative estimate of drug-likeness (QED) is 0.511. The van der Waals surface area contributed by atoms with Crippen LogP contribution in [0.25, 0.3) is 0 Å². The second-order valence-electron chi connectivity index (χ2n) is 5.81. The van der Waals surface area contributed by atoms with E-state index in [0.29, 0.717) is 24.4 Å². The number of anilines is 2. The summed E-state index contributed by atoms with van der Waals surface area (Å²) in [5.41, 5.74) is 2.86. The Hall–Kier alpha value is -2.77. The molecule has 0 fully saturated rings. The number of amides is 1. The predicted octanol–water partition coefficient (Wildman–Crippen LogP) is 1.59. The zero-order valence-electron chi connectivity index (χ0n) is 13.9. The van der Waals surface area contributed by atoms with Crippen LogP contribution in [0, 0.1) is 0 Å². The van der Waals surface area contributed by atoms with E-state index in [0.717, 1.165) is 11.3 Å². The third kappa shape index (κ3) is 3.84. The van der Waals surface area contributed by atoms with Gasteiger partial charge in [-0.05, 0) is 29.8 Å². The highest BCUT2D eigenvalue weighted by molar-refractivity contribution is 5.97. The van der Waals surface area contributed by atoms with Crippen molar-refractivity contribution in [3.05, 3.63) is 47.5 Å². The molecule has 0 spiro atoms. The number of ether oxygens (including phenoxy) is 1. The Kier molecular flexibility index (Phi) is 5.06. The van der Waals surface area contributed by atoms with E-state index < -0.39 is 6.10 Å². The number of aliphatic hydroxyl groups is 1. The average Bonchev–Trinajstić information content (AvgIpc) is 2.63. The molecule has 0 radical (unpaired) electrons. The summed E-state index contributed by atoms with van der Waals surface area (Å²) in [6, 6.07) is 11.0. The number of hydrogen-bond acceptors (Lipinski definition) is 6. The number of benzene rings is 2. The van der Waals surface area contributed by atoms with E-state index in [1.807, 2.05) is 31.3 Å². The molecule has 1 heterocycles. The van der Waals surface area contributed by atoms with E-state index in [2.05, 4.69) is 16.0 Å². The van der Waals surface area contributed by atoms with Gasteiger partial charge in [0.1, 0.15) is 11.4 Å². The fourth-order valence-corrected chi connectivity index (χ4v) is 2.69. The molecule has 0 bridgehead atoms. The Bertz CT molecular complexity index is 762. The van der Waals surface area contributed by atoms with E-state index >= 15 is 0 Å². The van der Waals surface area contributed by atoms with Crippen molar-refractivity contribution in [1.82, 2.24) is 5.32 Å². The van der Waals surface area contributed by atoms with Crippen molar-refractivity contribution in [2.75, 3.05) is 30.8 Å². The molecule has 1 unspecified atom stereocenters. The average molecular weight is 343 g/mol. The number of phenolic OH excluding ortho intramolecular Hbond substituents is 1. The monoisotopic (exact) mass is 343 g/mol. The Morgan fingerprint density at radius 1 is 1.24 bits per heavy atom. The van der Waals surface area contributed by atoms with Crippen molar-refractivity contribution in [2.24, 2.45) is 0 Å². The van der Waals surface area contributed by atoms with Gasteiger partial charge in [-0.25, -0.2) is 0 Å². The minimum Gasteiger partial charge on any atom is -0.506 e. The Balaban J connectivity index is 1.64. The molecule has 1 atom stereocenters. The standard InChI is InChI=1S/C18H21N3O4/c1-19-12-4-2-11(3-5-12)8-20-9-15(23)13-6-7-14(22)17-18(13)25-10-16(24)21-17/h2-7,15,19-20,22-23H,8-10H2,1H3,(H,21,24). The van der Waals surface area contributed by atoms with E-state index in [1.54, 1.807) is 6.07 Å². The normalized spacial score (nSPS) is 14.2. The summed E-state index contributed by atoms with van der Waals surface area (Å²) >= 11 is 0. The van der Waals surface area contributed by atoms with E-state index in [-0.39, 0.29) is 24.0 Å². The summed E-state index contributed by atoms with van der Waals surface area (Å²) in [6.07, 6.45) is -0.832. The molecule has 0 saturated carbocycles. The van der Waals surface area contributed by atoms with Crippen LogP contribution in [0.1, 0.15) is 17.2 Å². The maximum atomic E-state index is 11.4. The lowest BCUT2D eigenvalue weighted by atomic mass is 10.0. The van der Waals surface area contributed by atoms with Crippen LogP contribution in [0.4, 0.5) is 11.4 Å². The lowest BCUT2D eigenvalue weighted by Gasteiger charge is -2.24. The summed E-state index contributed by atoms with van der Waals surface area (Å²) in [5.74, 6) is -0.110. The first-order valence-corrected chi connectivity index (χ1v) is 8.02. The van der Waals surface area contributed by atoms with E-state index in [9.17, 15) is 15.0 Å². The second kappa shape index (κ2) is 7.42.